The lowest BCUT2D eigenvalue weighted by Crippen LogP contribution is -2.32. The van der Waals surface area contributed by atoms with Gasteiger partial charge in [0.05, 0.1) is 28.1 Å². The van der Waals surface area contributed by atoms with E-state index in [2.05, 4.69) is 58.2 Å². The molecule has 0 unspecified atom stereocenters. The molecular formula is C36H46ClF3N6O2. The lowest BCUT2D eigenvalue weighted by molar-refractivity contribution is -0.137. The van der Waals surface area contributed by atoms with E-state index in [1.807, 2.05) is 31.3 Å². The number of carbonyl (C=O) groups is 2. The van der Waals surface area contributed by atoms with Gasteiger partial charge in [-0.1, -0.05) is 57.5 Å². The molecule has 260 valence electrons. The van der Waals surface area contributed by atoms with E-state index in [1.54, 1.807) is 18.2 Å². The standard InChI is InChI=1S/C36H46ClF3N6O2/c1-6-17-46(18-7-2)29-14-16-33(30(23-29)35(48)43-41-24-26-13-15-32(37)31(22-26)36(38,39)40)42-34(47)28-12-10-11-27(21-28)25-44(5)19-20-45(8-3)9-4/h10-16,21-24H,6-9,17-20,25H2,1-5H3,(H,42,47)(H,43,48). The largest absolute Gasteiger partial charge is 0.417 e. The number of carbonyl (C=O) groups excluding carboxylic acids is 2. The summed E-state index contributed by atoms with van der Waals surface area (Å²) < 4.78 is 39.9. The van der Waals surface area contributed by atoms with Gasteiger partial charge in [0, 0.05) is 44.0 Å². The van der Waals surface area contributed by atoms with Crippen LogP contribution >= 0.6 is 11.6 Å². The van der Waals surface area contributed by atoms with Crippen molar-refractivity contribution in [1.82, 2.24) is 15.2 Å². The predicted molar refractivity (Wildman–Crippen MR) is 189 cm³/mol. The molecule has 0 saturated heterocycles. The van der Waals surface area contributed by atoms with E-state index >= 15 is 0 Å². The van der Waals surface area contributed by atoms with Crippen molar-refractivity contribution < 1.29 is 22.8 Å². The summed E-state index contributed by atoms with van der Waals surface area (Å²) in [6.45, 7) is 14.5. The number of rotatable bonds is 17. The quantitative estimate of drug-likeness (QED) is 0.112. The molecule has 0 heterocycles. The van der Waals surface area contributed by atoms with E-state index in [0.29, 0.717) is 12.1 Å². The first kappa shape index (κ1) is 38.5. The number of alkyl halides is 3. The summed E-state index contributed by atoms with van der Waals surface area (Å²) in [5.41, 5.74) is 4.17. The fourth-order valence-electron chi connectivity index (χ4n) is 5.25. The summed E-state index contributed by atoms with van der Waals surface area (Å²) >= 11 is 5.72. The van der Waals surface area contributed by atoms with E-state index in [9.17, 15) is 22.8 Å². The van der Waals surface area contributed by atoms with E-state index in [1.165, 1.54) is 6.07 Å². The second-order valence-electron chi connectivity index (χ2n) is 11.6. The summed E-state index contributed by atoms with van der Waals surface area (Å²) in [4.78, 5) is 33.7. The molecule has 3 rings (SSSR count). The maximum atomic E-state index is 13.5. The smallest absolute Gasteiger partial charge is 0.372 e. The molecule has 0 aromatic heterocycles. The highest BCUT2D eigenvalue weighted by Crippen LogP contribution is 2.35. The molecule has 0 aliphatic carbocycles. The third kappa shape index (κ3) is 11.4. The number of halogens is 4. The van der Waals surface area contributed by atoms with Crippen LogP contribution < -0.4 is 15.6 Å². The molecule has 2 N–H and O–H groups in total. The van der Waals surface area contributed by atoms with E-state index in [0.717, 1.165) is 81.7 Å². The van der Waals surface area contributed by atoms with Crippen LogP contribution in [0.25, 0.3) is 0 Å². The molecule has 0 atom stereocenters. The van der Waals surface area contributed by atoms with Crippen molar-refractivity contribution in [2.75, 3.05) is 56.5 Å². The zero-order valence-corrected chi connectivity index (χ0v) is 29.1. The average molecular weight is 687 g/mol. The van der Waals surface area contributed by atoms with Gasteiger partial charge in [0.15, 0.2) is 0 Å². The molecule has 0 aliphatic heterocycles. The molecule has 3 aromatic rings. The lowest BCUT2D eigenvalue weighted by Gasteiger charge is -2.25. The Hall–Kier alpha value is -3.93. The van der Waals surface area contributed by atoms with Gasteiger partial charge in [-0.2, -0.15) is 18.3 Å². The van der Waals surface area contributed by atoms with Gasteiger partial charge in [-0.05, 0) is 86.6 Å². The van der Waals surface area contributed by atoms with E-state index in [-0.39, 0.29) is 22.7 Å². The van der Waals surface area contributed by atoms with Gasteiger partial charge in [-0.25, -0.2) is 5.43 Å². The van der Waals surface area contributed by atoms with Gasteiger partial charge in [0.25, 0.3) is 11.8 Å². The second-order valence-corrected chi connectivity index (χ2v) is 12.0. The van der Waals surface area contributed by atoms with Crippen molar-refractivity contribution in [3.8, 4) is 0 Å². The Morgan fingerprint density at radius 2 is 1.58 bits per heavy atom. The van der Waals surface area contributed by atoms with E-state index in [4.69, 9.17) is 11.6 Å². The van der Waals surface area contributed by atoms with Gasteiger partial charge in [0.1, 0.15) is 0 Å². The van der Waals surface area contributed by atoms with Crippen LogP contribution in [-0.2, 0) is 12.7 Å². The molecule has 0 bridgehead atoms. The van der Waals surface area contributed by atoms with Crippen LogP contribution in [0.3, 0.4) is 0 Å². The Morgan fingerprint density at radius 3 is 2.23 bits per heavy atom. The number of hydrazone groups is 1. The first-order chi connectivity index (χ1) is 22.9. The van der Waals surface area contributed by atoms with E-state index < -0.39 is 22.7 Å². The SMILES string of the molecule is CCCN(CCC)c1ccc(NC(=O)c2cccc(CN(C)CCN(CC)CC)c2)c(C(=O)NN=Cc2ccc(Cl)c(C(F)(F)F)c2)c1. The van der Waals surface area contributed by atoms with Crippen molar-refractivity contribution in [1.29, 1.82) is 0 Å². The molecule has 48 heavy (non-hydrogen) atoms. The predicted octanol–water partition coefficient (Wildman–Crippen LogP) is 7.78. The fraction of sp³-hybridized carbons (Fsp3) is 0.417. The van der Waals surface area contributed by atoms with Gasteiger partial charge >= 0.3 is 6.18 Å². The van der Waals surface area contributed by atoms with Crippen LogP contribution in [0, 0.1) is 0 Å². The third-order valence-corrected chi connectivity index (χ3v) is 8.19. The highest BCUT2D eigenvalue weighted by atomic mass is 35.5. The molecular weight excluding hydrogens is 641 g/mol. The third-order valence-electron chi connectivity index (χ3n) is 7.86. The topological polar surface area (TPSA) is 80.3 Å². The Bertz CT molecular complexity index is 1540. The number of hydrogen-bond acceptors (Lipinski definition) is 6. The normalized spacial score (nSPS) is 11.8. The first-order valence-corrected chi connectivity index (χ1v) is 16.7. The molecule has 0 spiro atoms. The summed E-state index contributed by atoms with van der Waals surface area (Å²) in [7, 11) is 2.05. The number of nitrogens with one attached hydrogen (secondary N) is 2. The first-order valence-electron chi connectivity index (χ1n) is 16.3. The van der Waals surface area contributed by atoms with Crippen molar-refractivity contribution in [3.63, 3.8) is 0 Å². The zero-order valence-electron chi connectivity index (χ0n) is 28.3. The average Bonchev–Trinajstić information content (AvgIpc) is 3.05. The minimum Gasteiger partial charge on any atom is -0.372 e. The molecule has 8 nitrogen and oxygen atoms in total. The highest BCUT2D eigenvalue weighted by molar-refractivity contribution is 6.31. The molecule has 2 amide bonds. The Kier molecular flexibility index (Phi) is 14.9. The maximum Gasteiger partial charge on any atom is 0.417 e. The molecule has 0 saturated carbocycles. The number of likely N-dealkylation sites (N-methyl/N-ethyl adjacent to an activating group) is 2. The number of benzene rings is 3. The number of anilines is 2. The minimum atomic E-state index is -4.64. The Morgan fingerprint density at radius 1 is 0.875 bits per heavy atom. The maximum absolute atomic E-state index is 13.5. The van der Waals surface area contributed by atoms with Crippen molar-refractivity contribution in [3.05, 3.63) is 93.5 Å². The summed E-state index contributed by atoms with van der Waals surface area (Å²) in [5.74, 6) is -1.02. The fourth-order valence-corrected chi connectivity index (χ4v) is 5.47. The van der Waals surface area contributed by atoms with Gasteiger partial charge in [-0.3, -0.25) is 9.59 Å². The van der Waals surface area contributed by atoms with Crippen LogP contribution in [0.5, 0.6) is 0 Å². The van der Waals surface area contributed by atoms with Crippen molar-refractivity contribution >= 4 is 41.0 Å². The zero-order chi connectivity index (χ0) is 35.3. The highest BCUT2D eigenvalue weighted by Gasteiger charge is 2.33. The molecule has 0 radical (unpaired) electrons. The number of amides is 2. The summed E-state index contributed by atoms with van der Waals surface area (Å²) in [6.07, 6.45) is -1.74. The van der Waals surface area contributed by atoms with Crippen LogP contribution in [0.1, 0.15) is 77.9 Å². The van der Waals surface area contributed by atoms with Crippen LogP contribution in [-0.4, -0.2) is 74.1 Å². The molecule has 12 heteroatoms. The number of hydrogen-bond donors (Lipinski definition) is 2. The Labute approximate surface area is 286 Å². The van der Waals surface area contributed by atoms with Crippen LogP contribution in [0.2, 0.25) is 5.02 Å². The summed E-state index contributed by atoms with van der Waals surface area (Å²) in [5, 5.41) is 6.35. The summed E-state index contributed by atoms with van der Waals surface area (Å²) in [6, 6.07) is 16.0. The van der Waals surface area contributed by atoms with Gasteiger partial charge < -0.3 is 20.0 Å². The molecule has 0 fully saturated rings. The van der Waals surface area contributed by atoms with Crippen LogP contribution in [0.4, 0.5) is 24.5 Å². The van der Waals surface area contributed by atoms with Crippen molar-refractivity contribution in [2.45, 2.75) is 53.3 Å². The second kappa shape index (κ2) is 18.6. The lowest BCUT2D eigenvalue weighted by atomic mass is 10.1. The van der Waals surface area contributed by atoms with Gasteiger partial charge in [-0.15, -0.1) is 0 Å². The Balaban J connectivity index is 1.84. The van der Waals surface area contributed by atoms with Crippen LogP contribution in [0.15, 0.2) is 65.8 Å². The molecule has 3 aromatic carbocycles. The van der Waals surface area contributed by atoms with Gasteiger partial charge in [0.2, 0.25) is 0 Å². The monoisotopic (exact) mass is 686 g/mol. The molecule has 0 aliphatic rings. The number of nitrogens with zero attached hydrogens (tertiary/aromatic N) is 4. The van der Waals surface area contributed by atoms with Crippen molar-refractivity contribution in [2.24, 2.45) is 5.10 Å². The minimum absolute atomic E-state index is 0.102.